The van der Waals surface area contributed by atoms with Gasteiger partial charge in [-0.25, -0.2) is 14.5 Å². The number of carbonyl (C=O) groups is 1. The highest BCUT2D eigenvalue weighted by atomic mass is 127. The predicted octanol–water partition coefficient (Wildman–Crippen LogP) is 3.82. The number of carbonyl (C=O) groups excluding carboxylic acids is 1. The standard InChI is InChI=1S/C19H12IN3O2/c20-16-9-5-4-8-15(16)18-22-17(19(24)25-18)10-13-11-21-23(12-13)14-6-2-1-3-7-14/h1-12H/b17-10-. The van der Waals surface area contributed by atoms with Crippen LogP contribution < -0.4 is 0 Å². The van der Waals surface area contributed by atoms with Crippen molar-refractivity contribution in [1.29, 1.82) is 0 Å². The maximum absolute atomic E-state index is 12.1. The Morgan fingerprint density at radius 3 is 2.60 bits per heavy atom. The second kappa shape index (κ2) is 6.64. The highest BCUT2D eigenvalue weighted by molar-refractivity contribution is 14.1. The third-order valence-electron chi connectivity index (χ3n) is 3.65. The molecule has 0 unspecified atom stereocenters. The molecule has 0 radical (unpaired) electrons. The van der Waals surface area contributed by atoms with Crippen LogP contribution in [0.5, 0.6) is 0 Å². The highest BCUT2D eigenvalue weighted by Crippen LogP contribution is 2.22. The van der Waals surface area contributed by atoms with Gasteiger partial charge in [0.15, 0.2) is 5.70 Å². The molecule has 1 aliphatic rings. The third-order valence-corrected chi connectivity index (χ3v) is 4.59. The smallest absolute Gasteiger partial charge is 0.363 e. The van der Waals surface area contributed by atoms with Gasteiger partial charge in [0.1, 0.15) is 0 Å². The molecule has 0 fully saturated rings. The number of cyclic esters (lactones) is 1. The van der Waals surface area contributed by atoms with Crippen LogP contribution >= 0.6 is 22.6 Å². The summed E-state index contributed by atoms with van der Waals surface area (Å²) in [6.45, 7) is 0. The number of rotatable bonds is 3. The van der Waals surface area contributed by atoms with E-state index in [-0.39, 0.29) is 5.70 Å². The van der Waals surface area contributed by atoms with Crippen molar-refractivity contribution in [2.24, 2.45) is 4.99 Å². The van der Waals surface area contributed by atoms with Crippen molar-refractivity contribution in [2.75, 3.05) is 0 Å². The zero-order valence-electron chi connectivity index (χ0n) is 13.0. The summed E-state index contributed by atoms with van der Waals surface area (Å²) in [5, 5.41) is 4.32. The number of nitrogens with zero attached hydrogens (tertiary/aromatic N) is 3. The summed E-state index contributed by atoms with van der Waals surface area (Å²) in [6, 6.07) is 17.4. The van der Waals surface area contributed by atoms with Crippen molar-refractivity contribution in [3.05, 3.63) is 87.4 Å². The lowest BCUT2D eigenvalue weighted by Gasteiger charge is -2.01. The predicted molar refractivity (Wildman–Crippen MR) is 103 cm³/mol. The van der Waals surface area contributed by atoms with Crippen LogP contribution in [0.3, 0.4) is 0 Å². The van der Waals surface area contributed by atoms with E-state index in [0.717, 1.165) is 20.4 Å². The normalized spacial score (nSPS) is 15.3. The zero-order valence-corrected chi connectivity index (χ0v) is 15.1. The van der Waals surface area contributed by atoms with Gasteiger partial charge in [0.25, 0.3) is 0 Å². The molecule has 0 saturated heterocycles. The number of aromatic nitrogens is 2. The minimum Gasteiger partial charge on any atom is -0.402 e. The van der Waals surface area contributed by atoms with Crippen LogP contribution in [0.15, 0.2) is 77.7 Å². The molecule has 0 amide bonds. The lowest BCUT2D eigenvalue weighted by Crippen LogP contribution is -2.06. The number of hydrogen-bond donors (Lipinski definition) is 0. The molecule has 0 spiro atoms. The average molecular weight is 441 g/mol. The Kier molecular flexibility index (Phi) is 4.19. The van der Waals surface area contributed by atoms with Gasteiger partial charge in [0, 0.05) is 15.3 Å². The fourth-order valence-corrected chi connectivity index (χ4v) is 3.07. The summed E-state index contributed by atoms with van der Waals surface area (Å²) < 4.78 is 8.04. The van der Waals surface area contributed by atoms with Crippen LogP contribution in [0.2, 0.25) is 0 Å². The average Bonchev–Trinajstić information content (AvgIpc) is 3.24. The van der Waals surface area contributed by atoms with E-state index < -0.39 is 5.97 Å². The molecule has 122 valence electrons. The van der Waals surface area contributed by atoms with Gasteiger partial charge in [0.05, 0.1) is 17.4 Å². The second-order valence-corrected chi connectivity index (χ2v) is 6.53. The lowest BCUT2D eigenvalue weighted by atomic mass is 10.2. The minimum absolute atomic E-state index is 0.266. The monoisotopic (exact) mass is 441 g/mol. The molecule has 25 heavy (non-hydrogen) atoms. The summed E-state index contributed by atoms with van der Waals surface area (Å²) in [5.41, 5.74) is 2.80. The van der Waals surface area contributed by atoms with Crippen LogP contribution in [0.4, 0.5) is 0 Å². The Labute approximate surface area is 157 Å². The Bertz CT molecular complexity index is 1010. The Morgan fingerprint density at radius 1 is 1.04 bits per heavy atom. The molecule has 4 rings (SSSR count). The van der Waals surface area contributed by atoms with Gasteiger partial charge in [-0.15, -0.1) is 0 Å². The quantitative estimate of drug-likeness (QED) is 0.353. The van der Waals surface area contributed by atoms with Crippen LogP contribution in [0.1, 0.15) is 11.1 Å². The minimum atomic E-state index is -0.456. The van der Waals surface area contributed by atoms with Gasteiger partial charge in [0.2, 0.25) is 5.90 Å². The molecule has 0 bridgehead atoms. The van der Waals surface area contributed by atoms with Crippen LogP contribution in [-0.2, 0) is 9.53 Å². The number of aliphatic imine (C=N–C) groups is 1. The molecular formula is C19H12IN3O2. The van der Waals surface area contributed by atoms with Crippen molar-refractivity contribution >= 4 is 40.5 Å². The maximum atomic E-state index is 12.1. The molecular weight excluding hydrogens is 429 g/mol. The number of ether oxygens (including phenoxy) is 1. The molecule has 1 aliphatic heterocycles. The lowest BCUT2D eigenvalue weighted by molar-refractivity contribution is -0.129. The van der Waals surface area contributed by atoms with E-state index in [1.807, 2.05) is 60.8 Å². The Morgan fingerprint density at radius 2 is 1.80 bits per heavy atom. The topological polar surface area (TPSA) is 56.5 Å². The second-order valence-electron chi connectivity index (χ2n) is 5.37. The van der Waals surface area contributed by atoms with Gasteiger partial charge in [-0.05, 0) is 52.9 Å². The number of hydrogen-bond acceptors (Lipinski definition) is 4. The molecule has 0 aliphatic carbocycles. The first-order chi connectivity index (χ1) is 12.2. The number of para-hydroxylation sites is 1. The van der Waals surface area contributed by atoms with Crippen molar-refractivity contribution in [2.45, 2.75) is 0 Å². The Hall–Kier alpha value is -2.74. The fourth-order valence-electron chi connectivity index (χ4n) is 2.45. The van der Waals surface area contributed by atoms with Gasteiger partial charge >= 0.3 is 5.97 Å². The largest absolute Gasteiger partial charge is 0.402 e. The highest BCUT2D eigenvalue weighted by Gasteiger charge is 2.25. The van der Waals surface area contributed by atoms with Crippen LogP contribution in [-0.4, -0.2) is 21.6 Å². The van der Waals surface area contributed by atoms with Gasteiger partial charge in [-0.1, -0.05) is 30.3 Å². The number of esters is 1. The summed E-state index contributed by atoms with van der Waals surface area (Å²) in [5.74, 6) is -0.126. The van der Waals surface area contributed by atoms with E-state index in [4.69, 9.17) is 4.74 Å². The summed E-state index contributed by atoms with van der Waals surface area (Å²) >= 11 is 2.19. The zero-order chi connectivity index (χ0) is 17.2. The van der Waals surface area contributed by atoms with Gasteiger partial charge in [-0.3, -0.25) is 0 Å². The molecule has 1 aromatic heterocycles. The fraction of sp³-hybridized carbons (Fsp3) is 0. The first kappa shape index (κ1) is 15.8. The summed E-state index contributed by atoms with van der Waals surface area (Å²) in [7, 11) is 0. The van der Waals surface area contributed by atoms with E-state index in [0.29, 0.717) is 5.90 Å². The number of benzene rings is 2. The molecule has 0 saturated carbocycles. The molecule has 6 heteroatoms. The van der Waals surface area contributed by atoms with Crippen LogP contribution in [0, 0.1) is 3.57 Å². The van der Waals surface area contributed by atoms with Crippen molar-refractivity contribution in [3.8, 4) is 5.69 Å². The SMILES string of the molecule is O=C1OC(c2ccccc2I)=N/C1=C\c1cnn(-c2ccccc2)c1. The first-order valence-electron chi connectivity index (χ1n) is 7.58. The van der Waals surface area contributed by atoms with Gasteiger partial charge < -0.3 is 4.74 Å². The first-order valence-corrected chi connectivity index (χ1v) is 8.66. The molecule has 3 aromatic rings. The van der Waals surface area contributed by atoms with E-state index in [9.17, 15) is 4.79 Å². The number of halogens is 1. The molecule has 0 N–H and O–H groups in total. The molecule has 2 heterocycles. The third kappa shape index (κ3) is 3.25. The van der Waals surface area contributed by atoms with E-state index >= 15 is 0 Å². The van der Waals surface area contributed by atoms with Gasteiger partial charge in [-0.2, -0.15) is 5.10 Å². The van der Waals surface area contributed by atoms with Crippen molar-refractivity contribution < 1.29 is 9.53 Å². The molecule has 5 nitrogen and oxygen atoms in total. The van der Waals surface area contributed by atoms with E-state index in [1.54, 1.807) is 17.0 Å². The van der Waals surface area contributed by atoms with E-state index in [2.05, 4.69) is 32.7 Å². The van der Waals surface area contributed by atoms with Crippen LogP contribution in [0.25, 0.3) is 11.8 Å². The summed E-state index contributed by atoms with van der Waals surface area (Å²) in [4.78, 5) is 16.5. The Balaban J connectivity index is 1.65. The van der Waals surface area contributed by atoms with Crippen molar-refractivity contribution in [3.63, 3.8) is 0 Å². The van der Waals surface area contributed by atoms with Crippen molar-refractivity contribution in [1.82, 2.24) is 9.78 Å². The maximum Gasteiger partial charge on any atom is 0.363 e. The molecule has 2 aromatic carbocycles. The van der Waals surface area contributed by atoms with E-state index in [1.165, 1.54) is 0 Å². The molecule has 0 atom stereocenters. The summed E-state index contributed by atoms with van der Waals surface area (Å²) in [6.07, 6.45) is 5.21.